The monoisotopic (exact) mass is 412 g/mol. The van der Waals surface area contributed by atoms with Gasteiger partial charge in [-0.3, -0.25) is 19.3 Å². The summed E-state index contributed by atoms with van der Waals surface area (Å²) in [6.45, 7) is 2.19. The third-order valence-corrected chi connectivity index (χ3v) is 4.75. The summed E-state index contributed by atoms with van der Waals surface area (Å²) < 4.78 is 5.90. The minimum Gasteiger partial charge on any atom is -0.496 e. The molecule has 24 heavy (non-hydrogen) atoms. The molecule has 1 heterocycles. The number of amides is 3. The number of nitrogens with one attached hydrogen (secondary N) is 1. The number of methoxy groups -OCH3 is 1. The molecule has 0 saturated carbocycles. The standard InChI is InChI=1S/C16H17BrN2O4S/c1-3-6-18-14(20)9-19-15(21)13(24-16(19)22)8-10-4-5-12(23-2)11(17)7-10/h4-5,7-8H,3,6,9H2,1-2H3,(H,18,20)/b13-8-. The molecule has 1 N–H and O–H groups in total. The van der Waals surface area contributed by atoms with E-state index in [4.69, 9.17) is 4.74 Å². The number of carbonyl (C=O) groups is 3. The number of benzene rings is 1. The first-order valence-electron chi connectivity index (χ1n) is 7.32. The average molecular weight is 413 g/mol. The van der Waals surface area contributed by atoms with E-state index in [0.717, 1.165) is 33.1 Å². The van der Waals surface area contributed by atoms with Crippen LogP contribution in [0.25, 0.3) is 6.08 Å². The van der Waals surface area contributed by atoms with Crippen molar-refractivity contribution in [2.45, 2.75) is 13.3 Å². The first-order valence-corrected chi connectivity index (χ1v) is 8.92. The molecule has 1 fully saturated rings. The molecule has 1 aliphatic rings. The van der Waals surface area contributed by atoms with E-state index in [-0.39, 0.29) is 12.5 Å². The van der Waals surface area contributed by atoms with E-state index in [9.17, 15) is 14.4 Å². The van der Waals surface area contributed by atoms with Gasteiger partial charge in [-0.1, -0.05) is 13.0 Å². The van der Waals surface area contributed by atoms with Gasteiger partial charge in [-0.05, 0) is 57.9 Å². The van der Waals surface area contributed by atoms with Gasteiger partial charge in [0.1, 0.15) is 12.3 Å². The number of carbonyl (C=O) groups excluding carboxylic acids is 3. The lowest BCUT2D eigenvalue weighted by atomic mass is 10.2. The van der Waals surface area contributed by atoms with Crippen LogP contribution in [0.5, 0.6) is 5.75 Å². The predicted molar refractivity (Wildman–Crippen MR) is 96.7 cm³/mol. The van der Waals surface area contributed by atoms with Crippen molar-refractivity contribution in [1.82, 2.24) is 10.2 Å². The van der Waals surface area contributed by atoms with Crippen LogP contribution in [0, 0.1) is 0 Å². The predicted octanol–water partition coefficient (Wildman–Crippen LogP) is 3.02. The highest BCUT2D eigenvalue weighted by molar-refractivity contribution is 9.10. The van der Waals surface area contributed by atoms with Gasteiger partial charge in [0, 0.05) is 6.54 Å². The van der Waals surface area contributed by atoms with Crippen molar-refractivity contribution < 1.29 is 19.1 Å². The van der Waals surface area contributed by atoms with Crippen molar-refractivity contribution in [2.75, 3.05) is 20.2 Å². The van der Waals surface area contributed by atoms with Crippen LogP contribution in [0.2, 0.25) is 0 Å². The molecule has 0 aliphatic carbocycles. The Labute approximate surface area is 152 Å². The van der Waals surface area contributed by atoms with Crippen LogP contribution in [0.15, 0.2) is 27.6 Å². The maximum absolute atomic E-state index is 12.3. The van der Waals surface area contributed by atoms with Gasteiger partial charge in [0.25, 0.3) is 11.1 Å². The number of nitrogens with zero attached hydrogens (tertiary/aromatic N) is 1. The van der Waals surface area contributed by atoms with Gasteiger partial charge in [-0.15, -0.1) is 0 Å². The van der Waals surface area contributed by atoms with E-state index in [1.165, 1.54) is 0 Å². The fraction of sp³-hybridized carbons (Fsp3) is 0.312. The molecule has 1 aromatic rings. The highest BCUT2D eigenvalue weighted by atomic mass is 79.9. The van der Waals surface area contributed by atoms with E-state index >= 15 is 0 Å². The number of halogens is 1. The Balaban J connectivity index is 2.12. The molecule has 128 valence electrons. The zero-order valence-electron chi connectivity index (χ0n) is 13.3. The van der Waals surface area contributed by atoms with Crippen molar-refractivity contribution in [1.29, 1.82) is 0 Å². The molecule has 1 aromatic carbocycles. The largest absolute Gasteiger partial charge is 0.496 e. The number of thioether (sulfide) groups is 1. The zero-order valence-corrected chi connectivity index (χ0v) is 15.7. The molecule has 3 amide bonds. The Morgan fingerprint density at radius 1 is 1.42 bits per heavy atom. The summed E-state index contributed by atoms with van der Waals surface area (Å²) in [6.07, 6.45) is 2.42. The molecule has 0 bridgehead atoms. The van der Waals surface area contributed by atoms with Gasteiger partial charge in [0.15, 0.2) is 0 Å². The van der Waals surface area contributed by atoms with Crippen molar-refractivity contribution in [3.05, 3.63) is 33.1 Å². The van der Waals surface area contributed by atoms with Crippen molar-refractivity contribution in [3.8, 4) is 5.75 Å². The third kappa shape index (κ3) is 4.39. The van der Waals surface area contributed by atoms with E-state index in [1.54, 1.807) is 31.4 Å². The maximum Gasteiger partial charge on any atom is 0.294 e. The highest BCUT2D eigenvalue weighted by Crippen LogP contribution is 2.33. The summed E-state index contributed by atoms with van der Waals surface area (Å²) in [7, 11) is 1.56. The lowest BCUT2D eigenvalue weighted by Gasteiger charge is -2.11. The molecule has 0 atom stereocenters. The summed E-state index contributed by atoms with van der Waals surface area (Å²) in [4.78, 5) is 37.3. The average Bonchev–Trinajstić information content (AvgIpc) is 2.80. The third-order valence-electron chi connectivity index (χ3n) is 3.22. The first kappa shape index (κ1) is 18.5. The molecule has 1 aliphatic heterocycles. The Hall–Kier alpha value is -1.80. The Bertz CT molecular complexity index is 705. The quantitative estimate of drug-likeness (QED) is 0.726. The Kier molecular flexibility index (Phi) is 6.44. The van der Waals surface area contributed by atoms with Crippen LogP contribution in [-0.2, 0) is 9.59 Å². The number of ether oxygens (including phenoxy) is 1. The molecule has 0 spiro atoms. The van der Waals surface area contributed by atoms with Gasteiger partial charge in [0.2, 0.25) is 5.91 Å². The lowest BCUT2D eigenvalue weighted by molar-refractivity contribution is -0.129. The number of imide groups is 1. The van der Waals surface area contributed by atoms with E-state index in [0.29, 0.717) is 17.2 Å². The van der Waals surface area contributed by atoms with Gasteiger partial charge in [0.05, 0.1) is 16.5 Å². The fourth-order valence-electron chi connectivity index (χ4n) is 2.02. The van der Waals surface area contributed by atoms with Crippen LogP contribution >= 0.6 is 27.7 Å². The first-order chi connectivity index (χ1) is 11.5. The van der Waals surface area contributed by atoms with Crippen LogP contribution in [0.4, 0.5) is 4.79 Å². The smallest absolute Gasteiger partial charge is 0.294 e. The molecule has 2 rings (SSSR count). The summed E-state index contributed by atoms with van der Waals surface area (Å²) >= 11 is 4.21. The molecule has 0 aromatic heterocycles. The molecular formula is C16H17BrN2O4S. The SMILES string of the molecule is CCCNC(=O)CN1C(=O)S/C(=C\c2ccc(OC)c(Br)c2)C1=O. The minimum absolute atomic E-state index is 0.256. The lowest BCUT2D eigenvalue weighted by Crippen LogP contribution is -2.39. The second-order valence-electron chi connectivity index (χ2n) is 5.01. The molecule has 1 saturated heterocycles. The summed E-state index contributed by atoms with van der Waals surface area (Å²) in [5.41, 5.74) is 0.753. The summed E-state index contributed by atoms with van der Waals surface area (Å²) in [5.74, 6) is -0.121. The van der Waals surface area contributed by atoms with Gasteiger partial charge < -0.3 is 10.1 Å². The van der Waals surface area contributed by atoms with Crippen molar-refractivity contribution in [3.63, 3.8) is 0 Å². The molecule has 0 unspecified atom stereocenters. The molecule has 8 heteroatoms. The van der Waals surface area contributed by atoms with Crippen molar-refractivity contribution >= 4 is 50.8 Å². The zero-order chi connectivity index (χ0) is 17.7. The van der Waals surface area contributed by atoms with Gasteiger partial charge >= 0.3 is 0 Å². The Morgan fingerprint density at radius 2 is 2.17 bits per heavy atom. The van der Waals surface area contributed by atoms with Crippen LogP contribution in [-0.4, -0.2) is 42.2 Å². The second kappa shape index (κ2) is 8.34. The fourth-order valence-corrected chi connectivity index (χ4v) is 3.42. The normalized spacial score (nSPS) is 16.0. The van der Waals surface area contributed by atoms with E-state index < -0.39 is 11.1 Å². The van der Waals surface area contributed by atoms with Crippen LogP contribution < -0.4 is 10.1 Å². The highest BCUT2D eigenvalue weighted by Gasteiger charge is 2.36. The number of hydrogen-bond acceptors (Lipinski definition) is 5. The van der Waals surface area contributed by atoms with E-state index in [1.807, 2.05) is 6.92 Å². The van der Waals surface area contributed by atoms with Gasteiger partial charge in [-0.25, -0.2) is 0 Å². The number of hydrogen-bond donors (Lipinski definition) is 1. The van der Waals surface area contributed by atoms with Crippen LogP contribution in [0.1, 0.15) is 18.9 Å². The summed E-state index contributed by atoms with van der Waals surface area (Å²) in [5, 5.41) is 2.21. The van der Waals surface area contributed by atoms with Crippen LogP contribution in [0.3, 0.4) is 0 Å². The Morgan fingerprint density at radius 3 is 2.79 bits per heavy atom. The maximum atomic E-state index is 12.3. The molecule has 6 nitrogen and oxygen atoms in total. The molecular weight excluding hydrogens is 396 g/mol. The summed E-state index contributed by atoms with van der Waals surface area (Å²) in [6, 6.07) is 5.34. The van der Waals surface area contributed by atoms with Crippen molar-refractivity contribution in [2.24, 2.45) is 0 Å². The topological polar surface area (TPSA) is 75.7 Å². The van der Waals surface area contributed by atoms with Gasteiger partial charge in [-0.2, -0.15) is 0 Å². The number of rotatable bonds is 6. The minimum atomic E-state index is -0.455. The second-order valence-corrected chi connectivity index (χ2v) is 6.86. The molecule has 0 radical (unpaired) electrons. The van der Waals surface area contributed by atoms with E-state index in [2.05, 4.69) is 21.2 Å².